The van der Waals surface area contributed by atoms with Gasteiger partial charge < -0.3 is 10.6 Å². The van der Waals surface area contributed by atoms with E-state index in [-0.39, 0.29) is 5.91 Å². The first-order chi connectivity index (χ1) is 9.17. The van der Waals surface area contributed by atoms with Crippen LogP contribution in [-0.4, -0.2) is 19.0 Å². The standard InChI is InChI=1S/C16H22N2O/c1-4-12-7-6-8-13(5-2)15(12)18-16(19)11(3)14-9-17-10-14/h6-8,17H,4-5,9-10H2,1-3H3,(H,18,19). The third-order valence-electron chi connectivity index (χ3n) is 3.79. The molecule has 19 heavy (non-hydrogen) atoms. The number of amides is 1. The zero-order chi connectivity index (χ0) is 13.8. The fraction of sp³-hybridized carbons (Fsp3) is 0.438. The highest BCUT2D eigenvalue weighted by Crippen LogP contribution is 2.23. The second-order valence-electron chi connectivity index (χ2n) is 4.94. The van der Waals surface area contributed by atoms with Crippen molar-refractivity contribution in [2.24, 2.45) is 0 Å². The molecule has 0 bridgehead atoms. The first-order valence-corrected chi connectivity index (χ1v) is 6.98. The highest BCUT2D eigenvalue weighted by Gasteiger charge is 2.17. The van der Waals surface area contributed by atoms with Crippen LogP contribution in [0.25, 0.3) is 0 Å². The van der Waals surface area contributed by atoms with Gasteiger partial charge in [-0.2, -0.15) is 0 Å². The Morgan fingerprint density at radius 1 is 1.21 bits per heavy atom. The van der Waals surface area contributed by atoms with Gasteiger partial charge in [0.05, 0.1) is 0 Å². The molecule has 0 atom stereocenters. The molecule has 3 heteroatoms. The molecule has 0 saturated carbocycles. The minimum absolute atomic E-state index is 0.0344. The lowest BCUT2D eigenvalue weighted by molar-refractivity contribution is -0.112. The van der Waals surface area contributed by atoms with Crippen molar-refractivity contribution in [2.75, 3.05) is 18.4 Å². The number of nitrogens with one attached hydrogen (secondary N) is 2. The number of hydrogen-bond donors (Lipinski definition) is 2. The molecule has 3 nitrogen and oxygen atoms in total. The molecule has 1 aliphatic heterocycles. The van der Waals surface area contributed by atoms with E-state index in [1.54, 1.807) is 0 Å². The highest BCUT2D eigenvalue weighted by molar-refractivity contribution is 6.04. The topological polar surface area (TPSA) is 41.1 Å². The van der Waals surface area contributed by atoms with E-state index in [2.05, 4.69) is 42.7 Å². The van der Waals surface area contributed by atoms with Crippen LogP contribution in [0.4, 0.5) is 5.69 Å². The van der Waals surface area contributed by atoms with Gasteiger partial charge in [0.2, 0.25) is 0 Å². The summed E-state index contributed by atoms with van der Waals surface area (Å²) in [5, 5.41) is 6.27. The Labute approximate surface area is 115 Å². The molecular weight excluding hydrogens is 236 g/mol. The fourth-order valence-electron chi connectivity index (χ4n) is 2.29. The first kappa shape index (κ1) is 13.8. The number of aryl methyl sites for hydroxylation is 2. The Morgan fingerprint density at radius 2 is 1.79 bits per heavy atom. The van der Waals surface area contributed by atoms with Crippen LogP contribution in [0.1, 0.15) is 31.9 Å². The van der Waals surface area contributed by atoms with Crippen molar-refractivity contribution in [1.29, 1.82) is 0 Å². The smallest absolute Gasteiger partial charge is 0.251 e. The molecule has 1 amide bonds. The largest absolute Gasteiger partial charge is 0.322 e. The van der Waals surface area contributed by atoms with E-state index in [9.17, 15) is 4.79 Å². The SMILES string of the molecule is CCc1cccc(CC)c1NC(=O)C(C)=C1CNC1. The molecule has 1 saturated heterocycles. The lowest BCUT2D eigenvalue weighted by Gasteiger charge is -2.22. The van der Waals surface area contributed by atoms with Crippen LogP contribution >= 0.6 is 0 Å². The molecule has 1 aliphatic rings. The van der Waals surface area contributed by atoms with Crippen molar-refractivity contribution in [3.63, 3.8) is 0 Å². The van der Waals surface area contributed by atoms with Crippen molar-refractivity contribution in [1.82, 2.24) is 5.32 Å². The van der Waals surface area contributed by atoms with Crippen molar-refractivity contribution in [3.05, 3.63) is 40.5 Å². The highest BCUT2D eigenvalue weighted by atomic mass is 16.1. The Morgan fingerprint density at radius 3 is 2.21 bits per heavy atom. The average molecular weight is 258 g/mol. The van der Waals surface area contributed by atoms with Crippen LogP contribution in [-0.2, 0) is 17.6 Å². The monoisotopic (exact) mass is 258 g/mol. The lowest BCUT2D eigenvalue weighted by Crippen LogP contribution is -2.36. The molecule has 102 valence electrons. The van der Waals surface area contributed by atoms with Crippen molar-refractivity contribution in [2.45, 2.75) is 33.6 Å². The summed E-state index contributed by atoms with van der Waals surface area (Å²) in [6.07, 6.45) is 1.86. The predicted molar refractivity (Wildman–Crippen MR) is 79.4 cm³/mol. The van der Waals surface area contributed by atoms with Gasteiger partial charge in [-0.05, 0) is 36.5 Å². The van der Waals surface area contributed by atoms with Crippen LogP contribution in [0.5, 0.6) is 0 Å². The molecular formula is C16H22N2O. The quantitative estimate of drug-likeness (QED) is 0.815. The van der Waals surface area contributed by atoms with Gasteiger partial charge in [-0.3, -0.25) is 4.79 Å². The van der Waals surface area contributed by atoms with Crippen LogP contribution in [0.3, 0.4) is 0 Å². The van der Waals surface area contributed by atoms with E-state index in [4.69, 9.17) is 0 Å². The molecule has 0 radical (unpaired) electrons. The summed E-state index contributed by atoms with van der Waals surface area (Å²) < 4.78 is 0. The average Bonchev–Trinajstić information content (AvgIpc) is 2.36. The number of benzene rings is 1. The maximum Gasteiger partial charge on any atom is 0.251 e. The molecule has 0 aromatic heterocycles. The number of rotatable bonds is 4. The second-order valence-corrected chi connectivity index (χ2v) is 4.94. The van der Waals surface area contributed by atoms with Crippen molar-refractivity contribution < 1.29 is 4.79 Å². The number of carbonyl (C=O) groups is 1. The number of anilines is 1. The third-order valence-corrected chi connectivity index (χ3v) is 3.79. The normalized spacial score (nSPS) is 13.9. The molecule has 1 aromatic rings. The minimum Gasteiger partial charge on any atom is -0.322 e. The molecule has 2 rings (SSSR count). The first-order valence-electron chi connectivity index (χ1n) is 6.98. The molecule has 1 aromatic carbocycles. The summed E-state index contributed by atoms with van der Waals surface area (Å²) in [7, 11) is 0. The van der Waals surface area contributed by atoms with E-state index < -0.39 is 0 Å². The van der Waals surface area contributed by atoms with Crippen LogP contribution < -0.4 is 10.6 Å². The van der Waals surface area contributed by atoms with Crippen LogP contribution in [0.15, 0.2) is 29.3 Å². The molecule has 1 fully saturated rings. The van der Waals surface area contributed by atoms with E-state index in [1.807, 2.05) is 6.92 Å². The number of hydrogen-bond acceptors (Lipinski definition) is 2. The van der Waals surface area contributed by atoms with Gasteiger partial charge in [0.15, 0.2) is 0 Å². The van der Waals surface area contributed by atoms with E-state index in [0.717, 1.165) is 37.2 Å². The van der Waals surface area contributed by atoms with Gasteiger partial charge in [-0.15, -0.1) is 0 Å². The summed E-state index contributed by atoms with van der Waals surface area (Å²) in [6.45, 7) is 7.83. The van der Waals surface area contributed by atoms with Crippen LogP contribution in [0.2, 0.25) is 0 Å². The second kappa shape index (κ2) is 6.02. The maximum absolute atomic E-state index is 12.3. The molecule has 2 N–H and O–H groups in total. The molecule has 0 spiro atoms. The van der Waals surface area contributed by atoms with Gasteiger partial charge in [0, 0.05) is 24.4 Å². The summed E-state index contributed by atoms with van der Waals surface area (Å²) in [5.74, 6) is 0.0344. The zero-order valence-electron chi connectivity index (χ0n) is 12.0. The van der Waals surface area contributed by atoms with Crippen molar-refractivity contribution in [3.8, 4) is 0 Å². The van der Waals surface area contributed by atoms with E-state index >= 15 is 0 Å². The van der Waals surface area contributed by atoms with Crippen LogP contribution in [0, 0.1) is 0 Å². The molecule has 0 aliphatic carbocycles. The zero-order valence-corrected chi connectivity index (χ0v) is 12.0. The Hall–Kier alpha value is -1.61. The molecule has 1 heterocycles. The Kier molecular flexibility index (Phi) is 4.38. The lowest BCUT2D eigenvalue weighted by atomic mass is 10.0. The predicted octanol–water partition coefficient (Wildman–Crippen LogP) is 2.67. The van der Waals surface area contributed by atoms with Gasteiger partial charge in [-0.25, -0.2) is 0 Å². The van der Waals surface area contributed by atoms with Gasteiger partial charge in [-0.1, -0.05) is 32.0 Å². The summed E-state index contributed by atoms with van der Waals surface area (Å²) in [4.78, 5) is 12.3. The summed E-state index contributed by atoms with van der Waals surface area (Å²) in [6, 6.07) is 6.23. The number of carbonyl (C=O) groups excluding carboxylic acids is 1. The Balaban J connectivity index is 2.25. The third kappa shape index (κ3) is 2.87. The number of para-hydroxylation sites is 1. The minimum atomic E-state index is 0.0344. The van der Waals surface area contributed by atoms with Crippen molar-refractivity contribution >= 4 is 11.6 Å². The summed E-state index contributed by atoms with van der Waals surface area (Å²) >= 11 is 0. The van der Waals surface area contributed by atoms with Gasteiger partial charge in [0.1, 0.15) is 0 Å². The Bertz CT molecular complexity index is 489. The van der Waals surface area contributed by atoms with E-state index in [0.29, 0.717) is 0 Å². The fourth-order valence-corrected chi connectivity index (χ4v) is 2.29. The molecule has 0 unspecified atom stereocenters. The van der Waals surface area contributed by atoms with Gasteiger partial charge in [0.25, 0.3) is 5.91 Å². The van der Waals surface area contributed by atoms with Gasteiger partial charge >= 0.3 is 0 Å². The summed E-state index contributed by atoms with van der Waals surface area (Å²) in [5.41, 5.74) is 5.48. The maximum atomic E-state index is 12.3. The van der Waals surface area contributed by atoms with E-state index in [1.165, 1.54) is 16.7 Å².